The Bertz CT molecular complexity index is 1170. The molecule has 4 rings (SSSR count). The van der Waals surface area contributed by atoms with Gasteiger partial charge in [-0.05, 0) is 0 Å². The Morgan fingerprint density at radius 3 is 1.45 bits per heavy atom. The third-order valence-electron chi connectivity index (χ3n) is 9.47. The van der Waals surface area contributed by atoms with Gasteiger partial charge in [0, 0.05) is 0 Å². The monoisotopic (exact) mass is 864 g/mol. The Labute approximate surface area is 327 Å². The van der Waals surface area contributed by atoms with E-state index < -0.39 is 180 Å². The van der Waals surface area contributed by atoms with Crippen LogP contribution < -0.4 is 0 Å². The molecule has 0 bridgehead atoms. The topological polar surface area (TPSA) is 497 Å². The molecule has 4 aliphatic heterocycles. The minimum atomic E-state index is -2.22. The number of carbonyl (C=O) groups excluding carboxylic acids is 1. The highest BCUT2D eigenvalue weighted by atomic mass is 16.8. The second-order valence-electron chi connectivity index (χ2n) is 13.4. The van der Waals surface area contributed by atoms with Gasteiger partial charge in [-0.2, -0.15) is 0 Å². The molecule has 0 aromatic rings. The predicted molar refractivity (Wildman–Crippen MR) is 174 cm³/mol. The number of carbonyl (C=O) groups is 1. The Balaban J connectivity index is 0.000000317. The van der Waals surface area contributed by atoms with Crippen LogP contribution in [0.25, 0.3) is 0 Å². The van der Waals surface area contributed by atoms with Crippen LogP contribution in [0.2, 0.25) is 0 Å². The quantitative estimate of drug-likeness (QED) is 0.0721. The normalized spacial score (nSPS) is 45.1. The Morgan fingerprint density at radius 2 is 1.02 bits per heavy atom. The van der Waals surface area contributed by atoms with E-state index in [0.717, 1.165) is 0 Å². The zero-order chi connectivity index (χ0) is 44.4. The molecule has 28 heteroatoms. The lowest BCUT2D eigenvalue weighted by Gasteiger charge is -2.45. The molecule has 4 heterocycles. The van der Waals surface area contributed by atoms with Gasteiger partial charge < -0.3 is 140 Å². The van der Waals surface area contributed by atoms with Gasteiger partial charge in [0.15, 0.2) is 25.2 Å². The number of hydrogen-bond acceptors (Lipinski definition) is 28. The number of aliphatic hydroxyl groups excluding tert-OH is 21. The zero-order valence-electron chi connectivity index (χ0n) is 30.3. The zero-order valence-corrected chi connectivity index (χ0v) is 30.3. The highest BCUT2D eigenvalue weighted by Gasteiger charge is 2.58. The Kier molecular flexibility index (Phi) is 21.6. The van der Waals surface area contributed by atoms with E-state index in [1.165, 1.54) is 0 Å². The minimum absolute atomic E-state index is 0.0258. The molecule has 58 heavy (non-hydrogen) atoms. The van der Waals surface area contributed by atoms with E-state index in [2.05, 4.69) is 0 Å². The van der Waals surface area contributed by atoms with Crippen molar-refractivity contribution in [3.05, 3.63) is 0 Å². The van der Waals surface area contributed by atoms with Crippen LogP contribution in [0.5, 0.6) is 0 Å². The summed E-state index contributed by atoms with van der Waals surface area (Å²) in [5, 5.41) is 197. The number of aliphatic hydroxyl groups is 21. The van der Waals surface area contributed by atoms with Gasteiger partial charge in [0.1, 0.15) is 123 Å². The molecule has 0 amide bonds. The lowest BCUT2D eigenvalue weighted by molar-refractivity contribution is -0.383. The molecule has 344 valence electrons. The standard InChI is InChI=1S/2C12H22O11.C6H12O6/c13-1-4-6(16)8(18)9(19)11(21-4)23-12(3-15)10(20)7(17)5(2-14)22-12;13-1-3-5(15)6(16)9(19)12(22-3)23-10-4(2-14)21-11(20)8(18)7(10)17;7-1-3(9)5(11)6(12)4(10)2-8/h4-11,13-20H,1-3H2;3-20H,1-2H2;1,3-6,8-12H,2H2/t4-,5-,6-,7-,8+,9-,10+,11-,12+;3-,4-,5-,6+,7-,8-,9-,10-,11-,12-;3-,4+,5+,6+/m110/s1. The molecule has 4 saturated heterocycles. The van der Waals surface area contributed by atoms with Crippen molar-refractivity contribution in [1.82, 2.24) is 0 Å². The van der Waals surface area contributed by atoms with Crippen LogP contribution in [0.1, 0.15) is 0 Å². The summed E-state index contributed by atoms with van der Waals surface area (Å²) in [6.45, 7) is -4.43. The molecule has 23 atom stereocenters. The average Bonchev–Trinajstić information content (AvgIpc) is 3.47. The first-order chi connectivity index (χ1) is 27.2. The molecule has 0 saturated carbocycles. The van der Waals surface area contributed by atoms with Gasteiger partial charge in [-0.15, -0.1) is 0 Å². The maximum absolute atomic E-state index is 10.00. The molecule has 0 radical (unpaired) electrons. The van der Waals surface area contributed by atoms with Crippen molar-refractivity contribution in [1.29, 1.82) is 0 Å². The van der Waals surface area contributed by atoms with Crippen molar-refractivity contribution in [3.63, 3.8) is 0 Å². The van der Waals surface area contributed by atoms with Gasteiger partial charge in [0.05, 0.1) is 33.0 Å². The first-order valence-electron chi connectivity index (χ1n) is 17.5. The fraction of sp³-hybridized carbons (Fsp3) is 0.967. The number of hydrogen-bond donors (Lipinski definition) is 21. The van der Waals surface area contributed by atoms with Gasteiger partial charge >= 0.3 is 0 Å². The predicted octanol–water partition coefficient (Wildman–Crippen LogP) is -14.2. The van der Waals surface area contributed by atoms with Crippen LogP contribution in [-0.2, 0) is 33.2 Å². The number of rotatable bonds is 14. The summed E-state index contributed by atoms with van der Waals surface area (Å²) in [4.78, 5) is 9.90. The highest BCUT2D eigenvalue weighted by Crippen LogP contribution is 2.36. The van der Waals surface area contributed by atoms with Crippen LogP contribution in [0.15, 0.2) is 0 Å². The van der Waals surface area contributed by atoms with Gasteiger partial charge in [0.25, 0.3) is 0 Å². The van der Waals surface area contributed by atoms with Crippen molar-refractivity contribution in [2.75, 3.05) is 39.6 Å². The molecule has 4 aliphatic rings. The summed E-state index contributed by atoms with van der Waals surface area (Å²) in [6.07, 6.45) is -35.1. The van der Waals surface area contributed by atoms with Gasteiger partial charge in [-0.25, -0.2) is 0 Å². The maximum Gasteiger partial charge on any atom is 0.224 e. The van der Waals surface area contributed by atoms with Crippen LogP contribution in [0.3, 0.4) is 0 Å². The van der Waals surface area contributed by atoms with Crippen LogP contribution >= 0.6 is 0 Å². The van der Waals surface area contributed by atoms with Crippen LogP contribution in [0.4, 0.5) is 0 Å². The molecular formula is C30H56O28. The fourth-order valence-corrected chi connectivity index (χ4v) is 5.82. The summed E-state index contributed by atoms with van der Waals surface area (Å²) in [6, 6.07) is 0. The van der Waals surface area contributed by atoms with Crippen molar-refractivity contribution in [3.8, 4) is 0 Å². The molecule has 4 fully saturated rings. The van der Waals surface area contributed by atoms with Crippen molar-refractivity contribution in [2.24, 2.45) is 0 Å². The molecular weight excluding hydrogens is 808 g/mol. The first-order valence-corrected chi connectivity index (χ1v) is 17.5. The maximum atomic E-state index is 10.00. The second-order valence-corrected chi connectivity index (χ2v) is 13.4. The molecule has 0 aromatic heterocycles. The van der Waals surface area contributed by atoms with Crippen LogP contribution in [-0.4, -0.2) is 294 Å². The largest absolute Gasteiger partial charge is 0.394 e. The SMILES string of the molecule is O=C[C@H](O)[C@@H](O)[C@H](O)[C@H](O)CO.OC[C@H]1O[C@@](CO)(O[C@H]2O[C@H](CO)[C@@H](O)[C@H](O)[C@H]2O)[C@@H](O)[C@@H]1O.OC[C@H]1O[C@H](O[C@H]2[C@H](O)[C@@H](O)[C@H](O)O[C@@H]2CO)[C@H](O)[C@@H](O)[C@@H]1O. The van der Waals surface area contributed by atoms with Crippen molar-refractivity contribution >= 4 is 6.29 Å². The van der Waals surface area contributed by atoms with Gasteiger partial charge in [-0.3, -0.25) is 0 Å². The third kappa shape index (κ3) is 12.2. The summed E-state index contributed by atoms with van der Waals surface area (Å²) in [7, 11) is 0. The molecule has 21 N–H and O–H groups in total. The van der Waals surface area contributed by atoms with Gasteiger partial charge in [-0.1, -0.05) is 0 Å². The third-order valence-corrected chi connectivity index (χ3v) is 9.47. The summed E-state index contributed by atoms with van der Waals surface area (Å²) >= 11 is 0. The Morgan fingerprint density at radius 1 is 0.534 bits per heavy atom. The van der Waals surface area contributed by atoms with E-state index >= 15 is 0 Å². The molecule has 0 aromatic carbocycles. The van der Waals surface area contributed by atoms with E-state index in [4.69, 9.17) is 69.3 Å². The number of ether oxygens (including phenoxy) is 6. The van der Waals surface area contributed by atoms with Gasteiger partial charge in [0.2, 0.25) is 5.79 Å². The van der Waals surface area contributed by atoms with E-state index in [1.54, 1.807) is 0 Å². The molecule has 0 spiro atoms. The summed E-state index contributed by atoms with van der Waals surface area (Å²) < 4.78 is 30.7. The van der Waals surface area contributed by atoms with E-state index in [1.807, 2.05) is 0 Å². The minimum Gasteiger partial charge on any atom is -0.394 e. The van der Waals surface area contributed by atoms with E-state index in [-0.39, 0.29) is 6.29 Å². The average molecular weight is 865 g/mol. The molecule has 0 aliphatic carbocycles. The second kappa shape index (κ2) is 23.7. The number of aldehydes is 1. The Hall–Kier alpha value is -1.41. The fourth-order valence-electron chi connectivity index (χ4n) is 5.82. The summed E-state index contributed by atoms with van der Waals surface area (Å²) in [5.74, 6) is -2.22. The molecule has 28 nitrogen and oxygen atoms in total. The first kappa shape index (κ1) is 52.7. The van der Waals surface area contributed by atoms with E-state index in [9.17, 15) is 71.2 Å². The van der Waals surface area contributed by atoms with Crippen molar-refractivity contribution < 1.29 is 140 Å². The van der Waals surface area contributed by atoms with E-state index in [0.29, 0.717) is 0 Å². The van der Waals surface area contributed by atoms with Crippen LogP contribution in [0, 0.1) is 0 Å². The molecule has 0 unspecified atom stereocenters. The lowest BCUT2D eigenvalue weighted by atomic mass is 9.97. The highest BCUT2D eigenvalue weighted by molar-refractivity contribution is 5.56. The van der Waals surface area contributed by atoms with Crippen molar-refractivity contribution in [2.45, 2.75) is 141 Å². The smallest absolute Gasteiger partial charge is 0.224 e. The summed E-state index contributed by atoms with van der Waals surface area (Å²) in [5.41, 5.74) is 0. The lowest BCUT2D eigenvalue weighted by Crippen LogP contribution is -2.64.